The van der Waals surface area contributed by atoms with Crippen LogP contribution in [-0.4, -0.2) is 32.3 Å². The van der Waals surface area contributed by atoms with Crippen LogP contribution in [0, 0.1) is 12.8 Å². The van der Waals surface area contributed by atoms with E-state index in [-0.39, 0.29) is 5.56 Å². The van der Waals surface area contributed by atoms with Gasteiger partial charge in [0.2, 0.25) is 5.78 Å². The summed E-state index contributed by atoms with van der Waals surface area (Å²) in [5.74, 6) is 2.23. The highest BCUT2D eigenvalue weighted by Crippen LogP contribution is 2.39. The van der Waals surface area contributed by atoms with E-state index in [1.54, 1.807) is 4.57 Å². The third-order valence-corrected chi connectivity index (χ3v) is 8.37. The number of para-hydroxylation sites is 1. The molecule has 1 aliphatic heterocycles. The Morgan fingerprint density at radius 1 is 0.725 bits per heavy atom. The van der Waals surface area contributed by atoms with Gasteiger partial charge in [-0.1, -0.05) is 78.9 Å². The Bertz CT molecular complexity index is 1810. The highest BCUT2D eigenvalue weighted by atomic mass is 16.1. The molecule has 0 N–H and O–H groups in total. The smallest absolute Gasteiger partial charge is 0.267 e. The molecular weight excluding hydrogens is 494 g/mol. The minimum absolute atomic E-state index is 0.0834. The van der Waals surface area contributed by atoms with Crippen molar-refractivity contribution < 1.29 is 0 Å². The van der Waals surface area contributed by atoms with E-state index in [1.165, 1.54) is 11.1 Å². The van der Waals surface area contributed by atoms with Crippen LogP contribution in [0.4, 0.5) is 5.69 Å². The molecule has 6 heteroatoms. The molecular formula is C34H31N5O. The summed E-state index contributed by atoms with van der Waals surface area (Å²) >= 11 is 0. The summed E-state index contributed by atoms with van der Waals surface area (Å²) in [6.07, 6.45) is 2.20. The number of hydrogen-bond acceptors (Lipinski definition) is 4. The van der Waals surface area contributed by atoms with E-state index in [2.05, 4.69) is 87.9 Å². The second kappa shape index (κ2) is 10.1. The van der Waals surface area contributed by atoms with Crippen molar-refractivity contribution in [2.75, 3.05) is 18.0 Å². The zero-order chi connectivity index (χ0) is 27.1. The fourth-order valence-electron chi connectivity index (χ4n) is 6.45. The van der Waals surface area contributed by atoms with Crippen LogP contribution in [0.5, 0.6) is 0 Å². The van der Waals surface area contributed by atoms with Crippen LogP contribution < -0.4 is 10.5 Å². The Labute approximate surface area is 233 Å². The van der Waals surface area contributed by atoms with E-state index >= 15 is 0 Å². The van der Waals surface area contributed by atoms with E-state index < -0.39 is 0 Å². The number of benzene rings is 4. The molecule has 0 unspecified atom stereocenters. The van der Waals surface area contributed by atoms with Crippen molar-refractivity contribution >= 4 is 22.4 Å². The van der Waals surface area contributed by atoms with Crippen molar-refractivity contribution in [1.29, 1.82) is 0 Å². The molecule has 0 saturated carbocycles. The fraction of sp³-hybridized carbons (Fsp3) is 0.206. The van der Waals surface area contributed by atoms with E-state index in [9.17, 15) is 4.79 Å². The van der Waals surface area contributed by atoms with Crippen LogP contribution in [0.15, 0.2) is 114 Å². The Morgan fingerprint density at radius 3 is 2.05 bits per heavy atom. The maximum absolute atomic E-state index is 13.7. The predicted octanol–water partition coefficient (Wildman–Crippen LogP) is 6.39. The third kappa shape index (κ3) is 4.16. The minimum atomic E-state index is -0.0834. The van der Waals surface area contributed by atoms with Gasteiger partial charge < -0.3 is 4.90 Å². The number of anilines is 1. The molecule has 198 valence electrons. The Morgan fingerprint density at radius 2 is 1.35 bits per heavy atom. The molecule has 1 saturated heterocycles. The molecule has 0 radical (unpaired) electrons. The highest BCUT2D eigenvalue weighted by molar-refractivity contribution is 5.81. The predicted molar refractivity (Wildman–Crippen MR) is 160 cm³/mol. The molecule has 0 spiro atoms. The molecule has 4 aromatic carbocycles. The van der Waals surface area contributed by atoms with Crippen LogP contribution in [0.1, 0.15) is 35.7 Å². The van der Waals surface area contributed by atoms with Gasteiger partial charge in [-0.3, -0.25) is 9.20 Å². The fourth-order valence-corrected chi connectivity index (χ4v) is 6.45. The van der Waals surface area contributed by atoms with E-state index in [0.29, 0.717) is 23.0 Å². The lowest BCUT2D eigenvalue weighted by molar-refractivity contribution is 0.368. The normalized spacial score (nSPS) is 14.4. The average molecular weight is 526 g/mol. The molecule has 40 heavy (non-hydrogen) atoms. The molecule has 1 fully saturated rings. The highest BCUT2D eigenvalue weighted by Gasteiger charge is 2.29. The lowest BCUT2D eigenvalue weighted by atomic mass is 9.76. The number of hydrogen-bond donors (Lipinski definition) is 0. The zero-order valence-electron chi connectivity index (χ0n) is 22.5. The van der Waals surface area contributed by atoms with Gasteiger partial charge in [-0.15, -0.1) is 10.2 Å². The Hall–Kier alpha value is -4.71. The van der Waals surface area contributed by atoms with Crippen LogP contribution in [0.25, 0.3) is 22.4 Å². The zero-order valence-corrected chi connectivity index (χ0v) is 22.5. The van der Waals surface area contributed by atoms with Gasteiger partial charge >= 0.3 is 0 Å². The summed E-state index contributed by atoms with van der Waals surface area (Å²) in [6.45, 7) is 3.85. The second-order valence-electron chi connectivity index (χ2n) is 10.7. The van der Waals surface area contributed by atoms with Crippen molar-refractivity contribution in [2.24, 2.45) is 5.92 Å². The van der Waals surface area contributed by atoms with Crippen molar-refractivity contribution in [3.05, 3.63) is 136 Å². The van der Waals surface area contributed by atoms with Crippen molar-refractivity contribution in [1.82, 2.24) is 19.2 Å². The topological polar surface area (TPSA) is 55.4 Å². The van der Waals surface area contributed by atoms with Gasteiger partial charge in [0.25, 0.3) is 5.56 Å². The third-order valence-electron chi connectivity index (χ3n) is 8.37. The summed E-state index contributed by atoms with van der Waals surface area (Å²) in [5, 5.41) is 9.35. The van der Waals surface area contributed by atoms with Gasteiger partial charge in [0.05, 0.1) is 16.6 Å². The largest absolute Gasteiger partial charge is 0.371 e. The van der Waals surface area contributed by atoms with Crippen molar-refractivity contribution in [2.45, 2.75) is 25.7 Å². The van der Waals surface area contributed by atoms with Gasteiger partial charge in [0.15, 0.2) is 0 Å². The first-order valence-corrected chi connectivity index (χ1v) is 14.0. The van der Waals surface area contributed by atoms with Gasteiger partial charge in [0, 0.05) is 24.7 Å². The van der Waals surface area contributed by atoms with Crippen LogP contribution >= 0.6 is 0 Å². The van der Waals surface area contributed by atoms with Gasteiger partial charge in [0.1, 0.15) is 5.82 Å². The number of rotatable bonds is 5. The molecule has 0 amide bonds. The monoisotopic (exact) mass is 525 g/mol. The second-order valence-corrected chi connectivity index (χ2v) is 10.7. The lowest BCUT2D eigenvalue weighted by Crippen LogP contribution is -2.36. The molecule has 1 aliphatic rings. The van der Waals surface area contributed by atoms with E-state index in [4.69, 9.17) is 0 Å². The molecule has 0 atom stereocenters. The molecule has 0 aliphatic carbocycles. The molecule has 6 nitrogen and oxygen atoms in total. The van der Waals surface area contributed by atoms with Crippen molar-refractivity contribution in [3.63, 3.8) is 0 Å². The molecule has 7 rings (SSSR count). The molecule has 6 aromatic rings. The summed E-state index contributed by atoms with van der Waals surface area (Å²) in [7, 11) is 0. The minimum Gasteiger partial charge on any atom is -0.371 e. The molecule has 2 aromatic heterocycles. The van der Waals surface area contributed by atoms with Crippen LogP contribution in [0.2, 0.25) is 0 Å². The van der Waals surface area contributed by atoms with Gasteiger partial charge in [-0.05, 0) is 67.1 Å². The maximum atomic E-state index is 13.7. The summed E-state index contributed by atoms with van der Waals surface area (Å²) in [5.41, 5.74) is 5.45. The summed E-state index contributed by atoms with van der Waals surface area (Å²) in [4.78, 5) is 16.1. The van der Waals surface area contributed by atoms with E-state index in [0.717, 1.165) is 48.6 Å². The number of aryl methyl sites for hydroxylation is 1. The maximum Gasteiger partial charge on any atom is 0.267 e. The summed E-state index contributed by atoms with van der Waals surface area (Å²) < 4.78 is 3.65. The van der Waals surface area contributed by atoms with Gasteiger partial charge in [-0.25, -0.2) is 4.57 Å². The van der Waals surface area contributed by atoms with Crippen LogP contribution in [0.3, 0.4) is 0 Å². The molecule has 0 bridgehead atoms. The number of aromatic nitrogens is 4. The summed E-state index contributed by atoms with van der Waals surface area (Å²) in [6, 6.07) is 37.8. The lowest BCUT2D eigenvalue weighted by Gasteiger charge is -2.38. The number of piperidine rings is 1. The van der Waals surface area contributed by atoms with Gasteiger partial charge in [-0.2, -0.15) is 0 Å². The average Bonchev–Trinajstić information content (AvgIpc) is 3.40. The number of nitrogens with zero attached hydrogens (tertiary/aromatic N) is 5. The standard InChI is InChI=1S/C34H31N5O/c1-24-35-36-34-38(24)31-18-9-8-17-30(31)33(40)39(34)29-16-10-15-28(23-29)37-21-19-27(20-22-37)32(25-11-4-2-5-12-25)26-13-6-3-7-14-26/h2-18,23,27,32H,19-22H2,1H3. The first-order valence-electron chi connectivity index (χ1n) is 14.0. The van der Waals surface area contributed by atoms with Crippen molar-refractivity contribution in [3.8, 4) is 5.69 Å². The Kier molecular flexibility index (Phi) is 6.16. The quantitative estimate of drug-likeness (QED) is 0.262. The SMILES string of the molecule is Cc1nnc2n(-c3cccc(N4CCC(C(c5ccccc5)c5ccccc5)CC4)c3)c(=O)c3ccccc3n12. The first-order chi connectivity index (χ1) is 19.7. The Balaban J connectivity index is 1.20. The van der Waals surface area contributed by atoms with Crippen LogP contribution in [-0.2, 0) is 0 Å². The first kappa shape index (κ1) is 24.3. The number of fused-ring (bicyclic) bond motifs is 3. The van der Waals surface area contributed by atoms with E-state index in [1.807, 2.05) is 47.7 Å². The molecule has 3 heterocycles.